The van der Waals surface area contributed by atoms with E-state index < -0.39 is 0 Å². The zero-order valence-electron chi connectivity index (χ0n) is 10.6. The van der Waals surface area contributed by atoms with Crippen molar-refractivity contribution in [3.63, 3.8) is 0 Å². The van der Waals surface area contributed by atoms with Crippen LogP contribution in [0.3, 0.4) is 0 Å². The molecule has 0 radical (unpaired) electrons. The van der Waals surface area contributed by atoms with Crippen molar-refractivity contribution in [1.29, 1.82) is 0 Å². The molecule has 0 aliphatic carbocycles. The van der Waals surface area contributed by atoms with Crippen LogP contribution < -0.4 is 9.80 Å². The zero-order valence-corrected chi connectivity index (χ0v) is 10.6. The largest absolute Gasteiger partial charge is 0.506 e. The summed E-state index contributed by atoms with van der Waals surface area (Å²) in [5, 5.41) is 9.87. The van der Waals surface area contributed by atoms with Crippen molar-refractivity contribution in [3.05, 3.63) is 42.7 Å². The van der Waals surface area contributed by atoms with Gasteiger partial charge >= 0.3 is 0 Å². The summed E-state index contributed by atoms with van der Waals surface area (Å²) in [4.78, 5) is 12.9. The number of phenols is 1. The van der Waals surface area contributed by atoms with Gasteiger partial charge in [0.1, 0.15) is 5.75 Å². The minimum absolute atomic E-state index is 0.340. The quantitative estimate of drug-likeness (QED) is 0.882. The summed E-state index contributed by atoms with van der Waals surface area (Å²) in [7, 11) is 0. The fourth-order valence-electron chi connectivity index (χ4n) is 2.33. The van der Waals surface area contributed by atoms with Gasteiger partial charge in [-0.15, -0.1) is 0 Å². The highest BCUT2D eigenvalue weighted by Crippen LogP contribution is 2.27. The van der Waals surface area contributed by atoms with Crippen molar-refractivity contribution in [3.8, 4) is 5.75 Å². The molecule has 1 aliphatic heterocycles. The van der Waals surface area contributed by atoms with E-state index in [4.69, 9.17) is 0 Å². The molecule has 1 N–H and O–H groups in total. The molecular formula is C14H16N4O. The van der Waals surface area contributed by atoms with E-state index in [2.05, 4.69) is 19.8 Å². The highest BCUT2D eigenvalue weighted by Gasteiger charge is 2.20. The Morgan fingerprint density at radius 3 is 2.16 bits per heavy atom. The van der Waals surface area contributed by atoms with E-state index in [0.717, 1.165) is 37.8 Å². The summed E-state index contributed by atoms with van der Waals surface area (Å²) in [5.41, 5.74) is 0.899. The fraction of sp³-hybridized carbons (Fsp3) is 0.286. The highest BCUT2D eigenvalue weighted by atomic mass is 16.3. The van der Waals surface area contributed by atoms with Crippen molar-refractivity contribution in [2.75, 3.05) is 36.0 Å². The van der Waals surface area contributed by atoms with Crippen molar-refractivity contribution in [1.82, 2.24) is 9.97 Å². The number of nitrogens with zero attached hydrogens (tertiary/aromatic N) is 4. The minimum atomic E-state index is 0.340. The second kappa shape index (κ2) is 5.14. The number of phenolic OH excluding ortho intramolecular Hbond substituents is 1. The molecule has 5 nitrogen and oxygen atoms in total. The number of anilines is 2. The smallest absolute Gasteiger partial charge is 0.225 e. The number of rotatable bonds is 2. The number of hydrogen-bond acceptors (Lipinski definition) is 5. The topological polar surface area (TPSA) is 52.5 Å². The molecule has 1 fully saturated rings. The Balaban J connectivity index is 1.69. The highest BCUT2D eigenvalue weighted by molar-refractivity contribution is 5.58. The predicted octanol–water partition coefficient (Wildman–Crippen LogP) is 1.51. The van der Waals surface area contributed by atoms with Crippen LogP contribution in [0.25, 0.3) is 0 Å². The number of aromatic hydroxyl groups is 1. The molecule has 19 heavy (non-hydrogen) atoms. The third-order valence-corrected chi connectivity index (χ3v) is 3.34. The van der Waals surface area contributed by atoms with Crippen LogP contribution in [0, 0.1) is 0 Å². The van der Waals surface area contributed by atoms with E-state index in [1.54, 1.807) is 18.5 Å². The van der Waals surface area contributed by atoms with E-state index in [0.29, 0.717) is 5.75 Å². The second-order valence-electron chi connectivity index (χ2n) is 4.51. The Hall–Kier alpha value is -2.30. The number of hydrogen-bond donors (Lipinski definition) is 1. The van der Waals surface area contributed by atoms with Gasteiger partial charge in [0.2, 0.25) is 5.95 Å². The first-order valence-electron chi connectivity index (χ1n) is 6.39. The Bertz CT molecular complexity index is 538. The molecule has 0 atom stereocenters. The monoisotopic (exact) mass is 256 g/mol. The van der Waals surface area contributed by atoms with Gasteiger partial charge in [0.05, 0.1) is 5.69 Å². The summed E-state index contributed by atoms with van der Waals surface area (Å²) < 4.78 is 0. The summed E-state index contributed by atoms with van der Waals surface area (Å²) in [6, 6.07) is 9.28. The van der Waals surface area contributed by atoms with Gasteiger partial charge in [0, 0.05) is 38.6 Å². The third kappa shape index (κ3) is 2.45. The number of piperazine rings is 1. The molecule has 1 aliphatic rings. The van der Waals surface area contributed by atoms with Crippen LogP contribution in [0.1, 0.15) is 0 Å². The molecule has 3 rings (SSSR count). The first-order valence-corrected chi connectivity index (χ1v) is 6.39. The van der Waals surface area contributed by atoms with Gasteiger partial charge < -0.3 is 14.9 Å². The van der Waals surface area contributed by atoms with Gasteiger partial charge in [-0.3, -0.25) is 0 Å². The molecule has 1 saturated heterocycles. The molecular weight excluding hydrogens is 240 g/mol. The van der Waals surface area contributed by atoms with Crippen LogP contribution in [-0.2, 0) is 0 Å². The first-order chi connectivity index (χ1) is 9.34. The third-order valence-electron chi connectivity index (χ3n) is 3.34. The lowest BCUT2D eigenvalue weighted by Gasteiger charge is -2.36. The van der Waals surface area contributed by atoms with Crippen LogP contribution >= 0.6 is 0 Å². The molecule has 5 heteroatoms. The van der Waals surface area contributed by atoms with E-state index in [9.17, 15) is 5.11 Å². The summed E-state index contributed by atoms with van der Waals surface area (Å²) in [6.45, 7) is 3.43. The van der Waals surface area contributed by atoms with Crippen molar-refractivity contribution < 1.29 is 5.11 Å². The van der Waals surface area contributed by atoms with Crippen LogP contribution in [0.2, 0.25) is 0 Å². The Kier molecular flexibility index (Phi) is 3.18. The maximum atomic E-state index is 9.87. The van der Waals surface area contributed by atoms with Crippen LogP contribution in [0.15, 0.2) is 42.7 Å². The second-order valence-corrected chi connectivity index (χ2v) is 4.51. The van der Waals surface area contributed by atoms with Gasteiger partial charge in [0.25, 0.3) is 0 Å². The van der Waals surface area contributed by atoms with Gasteiger partial charge in [-0.1, -0.05) is 12.1 Å². The normalized spacial score (nSPS) is 15.6. The van der Waals surface area contributed by atoms with E-state index >= 15 is 0 Å². The minimum Gasteiger partial charge on any atom is -0.506 e. The van der Waals surface area contributed by atoms with E-state index in [-0.39, 0.29) is 0 Å². The average molecular weight is 256 g/mol. The molecule has 2 aromatic rings. The van der Waals surface area contributed by atoms with Crippen molar-refractivity contribution >= 4 is 11.6 Å². The Morgan fingerprint density at radius 2 is 1.47 bits per heavy atom. The van der Waals surface area contributed by atoms with E-state index in [1.807, 2.05) is 24.3 Å². The maximum Gasteiger partial charge on any atom is 0.225 e. The Morgan fingerprint density at radius 1 is 0.842 bits per heavy atom. The van der Waals surface area contributed by atoms with Gasteiger partial charge in [-0.25, -0.2) is 9.97 Å². The molecule has 0 spiro atoms. The molecule has 1 aromatic carbocycles. The lowest BCUT2D eigenvalue weighted by molar-refractivity contribution is 0.472. The lowest BCUT2D eigenvalue weighted by atomic mass is 10.2. The predicted molar refractivity (Wildman–Crippen MR) is 74.6 cm³/mol. The molecule has 2 heterocycles. The summed E-state index contributed by atoms with van der Waals surface area (Å²) >= 11 is 0. The van der Waals surface area contributed by atoms with Gasteiger partial charge in [-0.2, -0.15) is 0 Å². The number of para-hydroxylation sites is 2. The van der Waals surface area contributed by atoms with E-state index in [1.165, 1.54) is 0 Å². The summed E-state index contributed by atoms with van der Waals surface area (Å²) in [6.07, 6.45) is 3.52. The number of benzene rings is 1. The average Bonchev–Trinajstić information content (AvgIpc) is 2.49. The zero-order chi connectivity index (χ0) is 13.1. The SMILES string of the molecule is Oc1ccccc1N1CCN(c2ncccn2)CC1. The molecule has 1 aromatic heterocycles. The summed E-state index contributed by atoms with van der Waals surface area (Å²) in [5.74, 6) is 1.12. The first kappa shape index (κ1) is 11.8. The van der Waals surface area contributed by atoms with Crippen LogP contribution in [0.5, 0.6) is 5.75 Å². The maximum absolute atomic E-state index is 9.87. The molecule has 0 saturated carbocycles. The lowest BCUT2D eigenvalue weighted by Crippen LogP contribution is -2.47. The number of aromatic nitrogens is 2. The Labute approximate surface area is 112 Å². The van der Waals surface area contributed by atoms with Gasteiger partial charge in [-0.05, 0) is 18.2 Å². The molecule has 0 bridgehead atoms. The van der Waals surface area contributed by atoms with Crippen LogP contribution in [-0.4, -0.2) is 41.3 Å². The molecule has 98 valence electrons. The van der Waals surface area contributed by atoms with Crippen molar-refractivity contribution in [2.24, 2.45) is 0 Å². The van der Waals surface area contributed by atoms with Crippen LogP contribution in [0.4, 0.5) is 11.6 Å². The van der Waals surface area contributed by atoms with Crippen molar-refractivity contribution in [2.45, 2.75) is 0 Å². The molecule has 0 amide bonds. The van der Waals surface area contributed by atoms with Gasteiger partial charge in [0.15, 0.2) is 0 Å². The molecule has 0 unspecified atom stereocenters. The standard InChI is InChI=1S/C14H16N4O/c19-13-5-2-1-4-12(13)17-8-10-18(11-9-17)14-15-6-3-7-16-14/h1-7,19H,8-11H2. The fourth-order valence-corrected chi connectivity index (χ4v) is 2.33.